The monoisotopic (exact) mass is 305 g/mol. The van der Waals surface area contributed by atoms with Gasteiger partial charge >= 0.3 is 12.1 Å². The van der Waals surface area contributed by atoms with Crippen LogP contribution in [0.2, 0.25) is 0 Å². The largest absolute Gasteiger partial charge is 0.478 e. The van der Waals surface area contributed by atoms with Gasteiger partial charge in [0.1, 0.15) is 0 Å². The molecule has 0 unspecified atom stereocenters. The molecule has 0 radical (unpaired) electrons. The summed E-state index contributed by atoms with van der Waals surface area (Å²) in [7, 11) is 0. The van der Waals surface area contributed by atoms with E-state index >= 15 is 0 Å². The maximum Gasteiger partial charge on any atom is 0.417 e. The Morgan fingerprint density at radius 1 is 1.33 bits per heavy atom. The van der Waals surface area contributed by atoms with E-state index in [4.69, 9.17) is 9.84 Å². The van der Waals surface area contributed by atoms with E-state index in [2.05, 4.69) is 5.32 Å². The molecule has 0 spiro atoms. The lowest BCUT2D eigenvalue weighted by atomic mass is 10.1. The molecular formula is C14H18F3NO3. The summed E-state index contributed by atoms with van der Waals surface area (Å²) >= 11 is 0. The first-order chi connectivity index (χ1) is 9.57. The fourth-order valence-electron chi connectivity index (χ4n) is 1.84. The molecule has 0 aromatic heterocycles. The molecule has 0 atom stereocenters. The number of aromatic carboxylic acids is 1. The van der Waals surface area contributed by atoms with Crippen molar-refractivity contribution < 1.29 is 27.8 Å². The first-order valence-electron chi connectivity index (χ1n) is 6.39. The molecule has 0 aliphatic carbocycles. The van der Waals surface area contributed by atoms with Crippen LogP contribution in [0.25, 0.3) is 0 Å². The summed E-state index contributed by atoms with van der Waals surface area (Å²) in [5.74, 6) is -1.62. The molecule has 118 valence electrons. The van der Waals surface area contributed by atoms with E-state index in [1.807, 2.05) is 20.8 Å². The molecular weight excluding hydrogens is 287 g/mol. The van der Waals surface area contributed by atoms with Crippen molar-refractivity contribution in [3.05, 3.63) is 29.3 Å². The van der Waals surface area contributed by atoms with E-state index in [-0.39, 0.29) is 0 Å². The van der Waals surface area contributed by atoms with E-state index in [1.54, 1.807) is 0 Å². The third-order valence-electron chi connectivity index (χ3n) is 2.81. The number of halogens is 3. The van der Waals surface area contributed by atoms with Crippen LogP contribution in [0, 0.1) is 0 Å². The summed E-state index contributed by atoms with van der Waals surface area (Å²) in [5.41, 5.74) is -2.15. The Morgan fingerprint density at radius 2 is 1.95 bits per heavy atom. The van der Waals surface area contributed by atoms with Crippen LogP contribution in [0.3, 0.4) is 0 Å². The van der Waals surface area contributed by atoms with E-state index in [1.165, 1.54) is 6.07 Å². The molecule has 0 amide bonds. The minimum atomic E-state index is -4.70. The van der Waals surface area contributed by atoms with Gasteiger partial charge in [-0.1, -0.05) is 0 Å². The summed E-state index contributed by atoms with van der Waals surface area (Å²) in [6, 6.07) is 2.95. The number of carboxylic acid groups (broad SMARTS) is 1. The van der Waals surface area contributed by atoms with Gasteiger partial charge in [-0.2, -0.15) is 13.2 Å². The van der Waals surface area contributed by atoms with Gasteiger partial charge in [0.15, 0.2) is 0 Å². The molecule has 0 saturated carbocycles. The summed E-state index contributed by atoms with van der Waals surface area (Å²) in [4.78, 5) is 11.0. The van der Waals surface area contributed by atoms with Crippen LogP contribution in [0.15, 0.2) is 18.2 Å². The molecule has 0 aliphatic heterocycles. The van der Waals surface area contributed by atoms with Crippen molar-refractivity contribution in [3.8, 4) is 0 Å². The highest BCUT2D eigenvalue weighted by Gasteiger charge is 2.35. The fraction of sp³-hybridized carbons (Fsp3) is 0.500. The zero-order valence-electron chi connectivity index (χ0n) is 12.0. The maximum atomic E-state index is 12.7. The SMILES string of the molecule is CCOC(C)(C)CNc1ccc(C(F)(F)F)c(C(=O)O)c1. The van der Waals surface area contributed by atoms with Crippen molar-refractivity contribution in [2.45, 2.75) is 32.5 Å². The average molecular weight is 305 g/mol. The van der Waals surface area contributed by atoms with Gasteiger partial charge in [-0.15, -0.1) is 0 Å². The standard InChI is InChI=1S/C14H18F3NO3/c1-4-21-13(2,3)8-18-9-5-6-11(14(15,16)17)10(7-9)12(19)20/h5-7,18H,4,8H2,1-3H3,(H,19,20). The summed E-state index contributed by atoms with van der Waals surface area (Å²) in [6.07, 6.45) is -4.70. The summed E-state index contributed by atoms with van der Waals surface area (Å²) in [6.45, 7) is 6.33. The predicted octanol–water partition coefficient (Wildman–Crippen LogP) is 3.63. The molecule has 1 aromatic carbocycles. The molecule has 1 rings (SSSR count). The Kier molecular flexibility index (Phi) is 5.22. The zero-order chi connectivity index (χ0) is 16.3. The second-order valence-electron chi connectivity index (χ2n) is 5.11. The molecule has 0 aliphatic rings. The number of nitrogens with one attached hydrogen (secondary N) is 1. The minimum absolute atomic E-state index is 0.299. The lowest BCUT2D eigenvalue weighted by Crippen LogP contribution is -2.33. The fourth-order valence-corrected chi connectivity index (χ4v) is 1.84. The Morgan fingerprint density at radius 3 is 2.43 bits per heavy atom. The van der Waals surface area contributed by atoms with Crippen LogP contribution in [0.5, 0.6) is 0 Å². The van der Waals surface area contributed by atoms with Gasteiger partial charge in [-0.05, 0) is 39.0 Å². The third kappa shape index (κ3) is 4.93. The van der Waals surface area contributed by atoms with Gasteiger partial charge in [0.25, 0.3) is 0 Å². The highest BCUT2D eigenvalue weighted by Crippen LogP contribution is 2.33. The number of carbonyl (C=O) groups is 1. The number of carboxylic acids is 1. The molecule has 0 bridgehead atoms. The first-order valence-corrected chi connectivity index (χ1v) is 6.39. The summed E-state index contributed by atoms with van der Waals surface area (Å²) < 4.78 is 43.6. The van der Waals surface area contributed by atoms with E-state index in [0.717, 1.165) is 12.1 Å². The maximum absolute atomic E-state index is 12.7. The van der Waals surface area contributed by atoms with Crippen LogP contribution >= 0.6 is 0 Å². The van der Waals surface area contributed by atoms with Gasteiger partial charge in [-0.25, -0.2) is 4.79 Å². The highest BCUT2D eigenvalue weighted by molar-refractivity contribution is 5.91. The number of anilines is 1. The van der Waals surface area contributed by atoms with Crippen molar-refractivity contribution >= 4 is 11.7 Å². The lowest BCUT2D eigenvalue weighted by Gasteiger charge is -2.25. The highest BCUT2D eigenvalue weighted by atomic mass is 19.4. The first kappa shape index (κ1) is 17.3. The van der Waals surface area contributed by atoms with Gasteiger partial charge in [-0.3, -0.25) is 0 Å². The molecule has 2 N–H and O–H groups in total. The van der Waals surface area contributed by atoms with Crippen molar-refractivity contribution in [2.24, 2.45) is 0 Å². The quantitative estimate of drug-likeness (QED) is 0.842. The topological polar surface area (TPSA) is 58.6 Å². The van der Waals surface area contributed by atoms with E-state index < -0.39 is 28.9 Å². The molecule has 4 nitrogen and oxygen atoms in total. The Bertz CT molecular complexity index is 513. The normalized spacial score (nSPS) is 12.3. The van der Waals surface area contributed by atoms with Crippen LogP contribution in [-0.2, 0) is 10.9 Å². The number of rotatable bonds is 6. The second kappa shape index (κ2) is 6.34. The molecule has 0 fully saturated rings. The van der Waals surface area contributed by atoms with E-state index in [9.17, 15) is 18.0 Å². The molecule has 0 heterocycles. The molecule has 1 aromatic rings. The predicted molar refractivity (Wildman–Crippen MR) is 72.6 cm³/mol. The number of hydrogen-bond donors (Lipinski definition) is 2. The van der Waals surface area contributed by atoms with E-state index in [0.29, 0.717) is 18.8 Å². The number of hydrogen-bond acceptors (Lipinski definition) is 3. The average Bonchev–Trinajstić information content (AvgIpc) is 2.35. The van der Waals surface area contributed by atoms with Crippen molar-refractivity contribution in [2.75, 3.05) is 18.5 Å². The minimum Gasteiger partial charge on any atom is -0.478 e. The lowest BCUT2D eigenvalue weighted by molar-refractivity contribution is -0.138. The molecule has 0 saturated heterocycles. The zero-order valence-corrected chi connectivity index (χ0v) is 12.0. The van der Waals surface area contributed by atoms with Gasteiger partial charge in [0.2, 0.25) is 0 Å². The van der Waals surface area contributed by atoms with Crippen molar-refractivity contribution in [1.29, 1.82) is 0 Å². The van der Waals surface area contributed by atoms with Gasteiger partial charge < -0.3 is 15.2 Å². The second-order valence-corrected chi connectivity index (χ2v) is 5.11. The van der Waals surface area contributed by atoms with Crippen molar-refractivity contribution in [3.63, 3.8) is 0 Å². The van der Waals surface area contributed by atoms with Crippen molar-refractivity contribution in [1.82, 2.24) is 0 Å². The number of alkyl halides is 3. The summed E-state index contributed by atoms with van der Waals surface area (Å²) in [5, 5.41) is 11.8. The van der Waals surface area contributed by atoms with Crippen LogP contribution in [-0.4, -0.2) is 29.8 Å². The Hall–Kier alpha value is -1.76. The van der Waals surface area contributed by atoms with Crippen LogP contribution in [0.4, 0.5) is 18.9 Å². The van der Waals surface area contributed by atoms with Crippen LogP contribution < -0.4 is 5.32 Å². The van der Waals surface area contributed by atoms with Crippen LogP contribution in [0.1, 0.15) is 36.7 Å². The smallest absolute Gasteiger partial charge is 0.417 e. The molecule has 21 heavy (non-hydrogen) atoms. The van der Waals surface area contributed by atoms with Gasteiger partial charge in [0.05, 0.1) is 16.7 Å². The molecule has 7 heteroatoms. The number of ether oxygens (including phenoxy) is 1. The Balaban J connectivity index is 2.97. The number of benzene rings is 1. The third-order valence-corrected chi connectivity index (χ3v) is 2.81. The Labute approximate surface area is 120 Å². The van der Waals surface area contributed by atoms with Gasteiger partial charge in [0, 0.05) is 18.8 Å².